The first kappa shape index (κ1) is 14.3. The molecule has 7 heteroatoms. The zero-order valence-electron chi connectivity index (χ0n) is 10.8. The number of nitrogens with zero attached hydrogens (tertiary/aromatic N) is 1. The van der Waals surface area contributed by atoms with Crippen LogP contribution in [0.5, 0.6) is 0 Å². The fraction of sp³-hybridized carbons (Fsp3) is 0.833. The summed E-state index contributed by atoms with van der Waals surface area (Å²) in [7, 11) is -0.735. The molecular formula is C12H20N2O4S. The predicted molar refractivity (Wildman–Crippen MR) is 71.4 cm³/mol. The number of urea groups is 1. The van der Waals surface area contributed by atoms with Gasteiger partial charge in [-0.2, -0.15) is 0 Å². The van der Waals surface area contributed by atoms with E-state index >= 15 is 0 Å². The van der Waals surface area contributed by atoms with Crippen molar-refractivity contribution in [3.63, 3.8) is 0 Å². The molecule has 1 aliphatic carbocycles. The molecule has 0 bridgehead atoms. The molecule has 0 unspecified atom stereocenters. The largest absolute Gasteiger partial charge is 0.481 e. The second-order valence-corrected chi connectivity index (χ2v) is 6.84. The molecule has 108 valence electrons. The Hall–Kier alpha value is -1.11. The minimum Gasteiger partial charge on any atom is -0.481 e. The van der Waals surface area contributed by atoms with Crippen molar-refractivity contribution in [1.29, 1.82) is 0 Å². The molecular weight excluding hydrogens is 268 g/mol. The highest BCUT2D eigenvalue weighted by molar-refractivity contribution is 7.85. The second-order valence-electron chi connectivity index (χ2n) is 5.14. The summed E-state index contributed by atoms with van der Waals surface area (Å²) in [4.78, 5) is 24.4. The fourth-order valence-corrected chi connectivity index (χ4v) is 3.55. The van der Waals surface area contributed by atoms with Crippen molar-refractivity contribution >= 4 is 22.8 Å². The molecule has 1 saturated carbocycles. The van der Waals surface area contributed by atoms with Gasteiger partial charge in [-0.05, 0) is 25.7 Å². The summed E-state index contributed by atoms with van der Waals surface area (Å²) in [6.07, 6.45) is 3.40. The van der Waals surface area contributed by atoms with Crippen molar-refractivity contribution < 1.29 is 18.9 Å². The van der Waals surface area contributed by atoms with Crippen molar-refractivity contribution in [1.82, 2.24) is 10.2 Å². The van der Waals surface area contributed by atoms with E-state index in [-0.39, 0.29) is 31.1 Å². The van der Waals surface area contributed by atoms with Gasteiger partial charge < -0.3 is 15.3 Å². The summed E-state index contributed by atoms with van der Waals surface area (Å²) in [5.41, 5.74) is 0. The van der Waals surface area contributed by atoms with E-state index in [9.17, 15) is 13.8 Å². The number of aliphatic carboxylic acids is 1. The molecule has 1 saturated heterocycles. The first-order valence-corrected chi connectivity index (χ1v) is 8.19. The highest BCUT2D eigenvalue weighted by atomic mass is 32.2. The molecule has 2 amide bonds. The molecule has 1 heterocycles. The zero-order chi connectivity index (χ0) is 13.8. The molecule has 0 atom stereocenters. The third kappa shape index (κ3) is 4.49. The zero-order valence-corrected chi connectivity index (χ0v) is 11.7. The van der Waals surface area contributed by atoms with Gasteiger partial charge in [-0.25, -0.2) is 4.79 Å². The van der Waals surface area contributed by atoms with Crippen LogP contribution < -0.4 is 5.32 Å². The van der Waals surface area contributed by atoms with Crippen molar-refractivity contribution in [2.75, 3.05) is 18.1 Å². The monoisotopic (exact) mass is 288 g/mol. The Morgan fingerprint density at radius 3 is 2.37 bits per heavy atom. The molecule has 0 spiro atoms. The Morgan fingerprint density at radius 2 is 1.84 bits per heavy atom. The van der Waals surface area contributed by atoms with Crippen LogP contribution in [0.15, 0.2) is 0 Å². The SMILES string of the molecule is O=C(O)CCN(C(=O)NC1CCS(=O)CC1)C1CC1. The number of hydrogen-bond donors (Lipinski definition) is 2. The van der Waals surface area contributed by atoms with Crippen LogP contribution in [-0.4, -0.2) is 56.3 Å². The van der Waals surface area contributed by atoms with Gasteiger partial charge in [0.25, 0.3) is 0 Å². The standard InChI is InChI=1S/C12H20N2O4S/c15-11(16)3-6-14(10-1-2-10)12(17)13-9-4-7-19(18)8-5-9/h9-10H,1-8H2,(H,13,17)(H,15,16). The lowest BCUT2D eigenvalue weighted by molar-refractivity contribution is -0.137. The topological polar surface area (TPSA) is 86.7 Å². The maximum absolute atomic E-state index is 12.1. The number of carbonyl (C=O) groups is 2. The van der Waals surface area contributed by atoms with Gasteiger partial charge in [0.1, 0.15) is 0 Å². The summed E-state index contributed by atoms with van der Waals surface area (Å²) in [5.74, 6) is 0.402. The summed E-state index contributed by atoms with van der Waals surface area (Å²) in [5, 5.41) is 11.6. The second kappa shape index (κ2) is 6.36. The Labute approximate surface area is 115 Å². The fourth-order valence-electron chi connectivity index (χ4n) is 2.25. The molecule has 0 aromatic carbocycles. The van der Waals surface area contributed by atoms with Crippen molar-refractivity contribution in [3.8, 4) is 0 Å². The maximum Gasteiger partial charge on any atom is 0.317 e. The molecule has 0 aromatic rings. The van der Waals surface area contributed by atoms with Crippen LogP contribution in [0.3, 0.4) is 0 Å². The molecule has 19 heavy (non-hydrogen) atoms. The highest BCUT2D eigenvalue weighted by Crippen LogP contribution is 2.27. The van der Waals surface area contributed by atoms with E-state index in [0.29, 0.717) is 11.5 Å². The van der Waals surface area contributed by atoms with E-state index in [2.05, 4.69) is 5.32 Å². The van der Waals surface area contributed by atoms with Gasteiger partial charge in [0.05, 0.1) is 6.42 Å². The number of nitrogens with one attached hydrogen (secondary N) is 1. The lowest BCUT2D eigenvalue weighted by Gasteiger charge is -2.28. The molecule has 2 aliphatic rings. The first-order valence-electron chi connectivity index (χ1n) is 6.70. The minimum atomic E-state index is -0.883. The van der Waals surface area contributed by atoms with Gasteiger partial charge in [-0.15, -0.1) is 0 Å². The van der Waals surface area contributed by atoms with Crippen molar-refractivity contribution in [2.24, 2.45) is 0 Å². The van der Waals surface area contributed by atoms with Crippen LogP contribution in [0.2, 0.25) is 0 Å². The van der Waals surface area contributed by atoms with Crippen LogP contribution in [0, 0.1) is 0 Å². The molecule has 1 aliphatic heterocycles. The number of carboxylic acids is 1. The number of rotatable bonds is 5. The lowest BCUT2D eigenvalue weighted by Crippen LogP contribution is -2.48. The smallest absolute Gasteiger partial charge is 0.317 e. The molecule has 6 nitrogen and oxygen atoms in total. The van der Waals surface area contributed by atoms with Crippen molar-refractivity contribution in [3.05, 3.63) is 0 Å². The van der Waals surface area contributed by atoms with E-state index in [1.54, 1.807) is 4.90 Å². The maximum atomic E-state index is 12.1. The normalized spacial score (nSPS) is 26.7. The van der Waals surface area contributed by atoms with Gasteiger partial charge in [-0.3, -0.25) is 9.00 Å². The molecule has 2 rings (SSSR count). The summed E-state index contributed by atoms with van der Waals surface area (Å²) < 4.78 is 11.2. The van der Waals surface area contributed by atoms with E-state index in [4.69, 9.17) is 5.11 Å². The molecule has 2 fully saturated rings. The summed E-state index contributed by atoms with van der Waals surface area (Å²) >= 11 is 0. The third-order valence-corrected chi connectivity index (χ3v) is 4.91. The predicted octanol–water partition coefficient (Wildman–Crippen LogP) is 0.546. The van der Waals surface area contributed by atoms with Crippen LogP contribution in [0.1, 0.15) is 32.1 Å². The van der Waals surface area contributed by atoms with Gasteiger partial charge in [0.15, 0.2) is 0 Å². The van der Waals surface area contributed by atoms with Crippen LogP contribution in [0.25, 0.3) is 0 Å². The Morgan fingerprint density at radius 1 is 1.21 bits per heavy atom. The Balaban J connectivity index is 1.81. The van der Waals surface area contributed by atoms with E-state index in [1.165, 1.54) is 0 Å². The molecule has 2 N–H and O–H groups in total. The number of hydrogen-bond acceptors (Lipinski definition) is 3. The summed E-state index contributed by atoms with van der Waals surface area (Å²) in [6, 6.07) is 0.120. The number of carboxylic acid groups (broad SMARTS) is 1. The van der Waals surface area contributed by atoms with Gasteiger partial charge in [0, 0.05) is 40.9 Å². The minimum absolute atomic E-state index is 0.0153. The quantitative estimate of drug-likeness (QED) is 0.773. The van der Waals surface area contributed by atoms with Gasteiger partial charge >= 0.3 is 12.0 Å². The van der Waals surface area contributed by atoms with E-state index in [0.717, 1.165) is 25.7 Å². The van der Waals surface area contributed by atoms with Crippen LogP contribution >= 0.6 is 0 Å². The van der Waals surface area contributed by atoms with Gasteiger partial charge in [0.2, 0.25) is 0 Å². The molecule has 0 aromatic heterocycles. The van der Waals surface area contributed by atoms with Crippen LogP contribution in [0.4, 0.5) is 4.79 Å². The van der Waals surface area contributed by atoms with E-state index < -0.39 is 16.8 Å². The van der Waals surface area contributed by atoms with E-state index in [1.807, 2.05) is 0 Å². The third-order valence-electron chi connectivity index (χ3n) is 3.53. The number of amides is 2. The van der Waals surface area contributed by atoms with Crippen LogP contribution in [-0.2, 0) is 15.6 Å². The van der Waals surface area contributed by atoms with Gasteiger partial charge in [-0.1, -0.05) is 0 Å². The average Bonchev–Trinajstić information content (AvgIpc) is 3.16. The van der Waals surface area contributed by atoms with Crippen molar-refractivity contribution in [2.45, 2.75) is 44.2 Å². The summed E-state index contributed by atoms with van der Waals surface area (Å²) in [6.45, 7) is 0.268. The highest BCUT2D eigenvalue weighted by Gasteiger charge is 2.33. The average molecular weight is 288 g/mol. The Kier molecular flexibility index (Phi) is 4.79. The first-order chi connectivity index (χ1) is 9.06. The Bertz CT molecular complexity index is 374. The number of carbonyl (C=O) groups excluding carboxylic acids is 1. The molecule has 0 radical (unpaired) electrons. The lowest BCUT2D eigenvalue weighted by atomic mass is 10.1.